The Morgan fingerprint density at radius 2 is 1.69 bits per heavy atom. The zero-order valence-corrected chi connectivity index (χ0v) is 17.4. The van der Waals surface area contributed by atoms with Crippen LogP contribution in [0, 0.1) is 6.92 Å². The molecule has 0 saturated heterocycles. The Kier molecular flexibility index (Phi) is 6.92. The number of ether oxygens (including phenoxy) is 1. The number of sulfonamides is 1. The van der Waals surface area contributed by atoms with Crippen molar-refractivity contribution in [1.29, 1.82) is 0 Å². The number of aliphatic hydroxyl groups excluding tert-OH is 1. The van der Waals surface area contributed by atoms with Gasteiger partial charge in [-0.25, -0.2) is 13.1 Å². The predicted octanol–water partition coefficient (Wildman–Crippen LogP) is 4.11. The monoisotopic (exact) mass is 431 g/mol. The third-order valence-corrected chi connectivity index (χ3v) is 6.03. The van der Waals surface area contributed by atoms with Crippen LogP contribution in [0.5, 0.6) is 5.75 Å². The number of aryl methyl sites for hydroxylation is 1. The van der Waals surface area contributed by atoms with E-state index in [-0.39, 0.29) is 11.4 Å². The summed E-state index contributed by atoms with van der Waals surface area (Å²) in [6.45, 7) is 1.67. The van der Waals surface area contributed by atoms with Gasteiger partial charge in [0, 0.05) is 11.6 Å². The van der Waals surface area contributed by atoms with Crippen LogP contribution in [0.15, 0.2) is 83.8 Å². The molecular formula is C22H22ClNO4S. The van der Waals surface area contributed by atoms with Gasteiger partial charge in [-0.1, -0.05) is 65.7 Å². The fraction of sp³-hybridized carbons (Fsp3) is 0.182. The van der Waals surface area contributed by atoms with Crippen LogP contribution in [0.3, 0.4) is 0 Å². The summed E-state index contributed by atoms with van der Waals surface area (Å²) in [5.41, 5.74) is 1.68. The van der Waals surface area contributed by atoms with Gasteiger partial charge in [0.2, 0.25) is 10.0 Å². The summed E-state index contributed by atoms with van der Waals surface area (Å²) in [4.78, 5) is 0.141. The third kappa shape index (κ3) is 5.81. The Balaban J connectivity index is 1.77. The minimum atomic E-state index is -3.75. The second-order valence-corrected chi connectivity index (χ2v) is 8.84. The molecule has 0 aromatic heterocycles. The molecule has 0 spiro atoms. The largest absolute Gasteiger partial charge is 0.483 e. The molecule has 5 nitrogen and oxygen atoms in total. The van der Waals surface area contributed by atoms with Crippen LogP contribution in [0.4, 0.5) is 0 Å². The molecule has 3 aromatic rings. The van der Waals surface area contributed by atoms with Crippen molar-refractivity contribution >= 4 is 21.6 Å². The first kappa shape index (κ1) is 21.3. The first-order chi connectivity index (χ1) is 13.8. The zero-order chi connectivity index (χ0) is 20.9. The molecule has 152 valence electrons. The van der Waals surface area contributed by atoms with Gasteiger partial charge in [-0.3, -0.25) is 0 Å². The lowest BCUT2D eigenvalue weighted by Gasteiger charge is -2.25. The summed E-state index contributed by atoms with van der Waals surface area (Å²) in [5.74, 6) is 0.479. The number of aliphatic hydroxyl groups is 1. The van der Waals surface area contributed by atoms with Crippen molar-refractivity contribution in [2.45, 2.75) is 24.0 Å². The molecule has 0 aliphatic heterocycles. The number of nitrogens with one attached hydrogen (secondary N) is 1. The van der Waals surface area contributed by atoms with E-state index in [1.807, 2.05) is 37.3 Å². The summed E-state index contributed by atoms with van der Waals surface area (Å²) in [6.07, 6.45) is -1.91. The van der Waals surface area contributed by atoms with E-state index in [9.17, 15) is 13.5 Å². The summed E-state index contributed by atoms with van der Waals surface area (Å²) in [5, 5.41) is 11.3. The quantitative estimate of drug-likeness (QED) is 0.562. The maximum absolute atomic E-state index is 12.5. The minimum absolute atomic E-state index is 0.141. The SMILES string of the molecule is Cc1ccc(S(=O)(=O)NC[C@H](O)[C@H](Oc2cccc(Cl)c2)c2ccccc2)cc1. The Morgan fingerprint density at radius 1 is 1.00 bits per heavy atom. The van der Waals surface area contributed by atoms with Gasteiger partial charge in [0.15, 0.2) is 6.10 Å². The normalized spacial score (nSPS) is 13.6. The highest BCUT2D eigenvalue weighted by Crippen LogP contribution is 2.27. The van der Waals surface area contributed by atoms with E-state index in [1.54, 1.807) is 36.4 Å². The molecule has 0 bridgehead atoms. The van der Waals surface area contributed by atoms with E-state index >= 15 is 0 Å². The number of benzene rings is 3. The van der Waals surface area contributed by atoms with E-state index in [1.165, 1.54) is 12.1 Å². The summed E-state index contributed by atoms with van der Waals surface area (Å²) in [6, 6.07) is 22.5. The van der Waals surface area contributed by atoms with E-state index in [0.29, 0.717) is 10.8 Å². The topological polar surface area (TPSA) is 75.6 Å². The first-order valence-corrected chi connectivity index (χ1v) is 10.9. The van der Waals surface area contributed by atoms with Crippen LogP contribution in [-0.2, 0) is 10.0 Å². The molecule has 2 atom stereocenters. The molecule has 0 amide bonds. The van der Waals surface area contributed by atoms with Crippen LogP contribution in [0.1, 0.15) is 17.2 Å². The van der Waals surface area contributed by atoms with Crippen molar-refractivity contribution < 1.29 is 18.3 Å². The lowest BCUT2D eigenvalue weighted by atomic mass is 10.0. The van der Waals surface area contributed by atoms with E-state index in [4.69, 9.17) is 16.3 Å². The number of hydrogen-bond acceptors (Lipinski definition) is 4. The smallest absolute Gasteiger partial charge is 0.240 e. The summed E-state index contributed by atoms with van der Waals surface area (Å²) < 4.78 is 33.5. The van der Waals surface area contributed by atoms with Gasteiger partial charge in [-0.15, -0.1) is 0 Å². The van der Waals surface area contributed by atoms with Crippen molar-refractivity contribution in [3.8, 4) is 5.75 Å². The number of hydrogen-bond donors (Lipinski definition) is 2. The fourth-order valence-electron chi connectivity index (χ4n) is 2.80. The lowest BCUT2D eigenvalue weighted by Crippen LogP contribution is -2.37. The van der Waals surface area contributed by atoms with Gasteiger partial charge >= 0.3 is 0 Å². The van der Waals surface area contributed by atoms with Gasteiger partial charge in [-0.2, -0.15) is 0 Å². The average Bonchev–Trinajstić information content (AvgIpc) is 2.71. The Bertz CT molecular complexity index is 1040. The van der Waals surface area contributed by atoms with Gasteiger partial charge in [-0.05, 0) is 42.8 Å². The van der Waals surface area contributed by atoms with Crippen LogP contribution >= 0.6 is 11.6 Å². The Morgan fingerprint density at radius 3 is 2.34 bits per heavy atom. The highest BCUT2D eigenvalue weighted by Gasteiger charge is 2.25. The highest BCUT2D eigenvalue weighted by molar-refractivity contribution is 7.89. The van der Waals surface area contributed by atoms with E-state index in [2.05, 4.69) is 4.72 Å². The Labute approximate surface area is 176 Å². The van der Waals surface area contributed by atoms with Crippen molar-refractivity contribution in [2.75, 3.05) is 6.54 Å². The zero-order valence-electron chi connectivity index (χ0n) is 15.8. The lowest BCUT2D eigenvalue weighted by molar-refractivity contribution is 0.0390. The average molecular weight is 432 g/mol. The van der Waals surface area contributed by atoms with Crippen LogP contribution in [0.25, 0.3) is 0 Å². The molecule has 0 saturated carbocycles. The first-order valence-electron chi connectivity index (χ1n) is 9.07. The molecule has 0 radical (unpaired) electrons. The van der Waals surface area contributed by atoms with Gasteiger partial charge in [0.1, 0.15) is 11.9 Å². The molecule has 7 heteroatoms. The van der Waals surface area contributed by atoms with Crippen molar-refractivity contribution in [1.82, 2.24) is 4.72 Å². The summed E-state index contributed by atoms with van der Waals surface area (Å²) in [7, 11) is -3.75. The molecule has 3 aromatic carbocycles. The molecular weight excluding hydrogens is 410 g/mol. The molecule has 3 rings (SSSR count). The fourth-order valence-corrected chi connectivity index (χ4v) is 4.03. The maximum Gasteiger partial charge on any atom is 0.240 e. The van der Waals surface area contributed by atoms with E-state index < -0.39 is 22.2 Å². The molecule has 0 aliphatic rings. The Hall–Kier alpha value is -2.38. The van der Waals surface area contributed by atoms with Crippen LogP contribution in [0.2, 0.25) is 5.02 Å². The molecule has 0 aliphatic carbocycles. The van der Waals surface area contributed by atoms with Crippen molar-refractivity contribution in [3.05, 3.63) is 95.0 Å². The second kappa shape index (κ2) is 9.41. The molecule has 0 fully saturated rings. The number of halogens is 1. The summed E-state index contributed by atoms with van der Waals surface area (Å²) >= 11 is 6.02. The molecule has 0 unspecified atom stereocenters. The molecule has 29 heavy (non-hydrogen) atoms. The standard InChI is InChI=1S/C22H22ClNO4S/c1-16-10-12-20(13-11-16)29(26,27)24-15-21(25)22(17-6-3-2-4-7-17)28-19-9-5-8-18(23)14-19/h2-14,21-22,24-25H,15H2,1H3/t21-,22+/m0/s1. The minimum Gasteiger partial charge on any atom is -0.483 e. The van der Waals surface area contributed by atoms with Gasteiger partial charge < -0.3 is 9.84 Å². The van der Waals surface area contributed by atoms with Gasteiger partial charge in [0.25, 0.3) is 0 Å². The van der Waals surface area contributed by atoms with Crippen LogP contribution in [-0.4, -0.2) is 26.2 Å². The highest BCUT2D eigenvalue weighted by atomic mass is 35.5. The predicted molar refractivity (Wildman–Crippen MR) is 114 cm³/mol. The van der Waals surface area contributed by atoms with E-state index in [0.717, 1.165) is 11.1 Å². The molecule has 0 heterocycles. The third-order valence-electron chi connectivity index (χ3n) is 4.35. The maximum atomic E-state index is 12.5. The second-order valence-electron chi connectivity index (χ2n) is 6.64. The molecule has 2 N–H and O–H groups in total. The number of rotatable bonds is 8. The van der Waals surface area contributed by atoms with Crippen LogP contribution < -0.4 is 9.46 Å². The van der Waals surface area contributed by atoms with Gasteiger partial charge in [0.05, 0.1) is 4.90 Å². The van der Waals surface area contributed by atoms with Crippen molar-refractivity contribution in [2.24, 2.45) is 0 Å². The van der Waals surface area contributed by atoms with Crippen molar-refractivity contribution in [3.63, 3.8) is 0 Å².